The van der Waals surface area contributed by atoms with Crippen LogP contribution in [0.5, 0.6) is 23.0 Å². The summed E-state index contributed by atoms with van der Waals surface area (Å²) >= 11 is 0. The molecule has 1 saturated carbocycles. The van der Waals surface area contributed by atoms with Crippen LogP contribution in [0.15, 0.2) is 41.4 Å². The molecule has 2 aromatic rings. The summed E-state index contributed by atoms with van der Waals surface area (Å²) < 4.78 is 22.5. The zero-order chi connectivity index (χ0) is 20.8. The zero-order valence-corrected chi connectivity index (χ0v) is 20.3. The number of hydrogen-bond acceptors (Lipinski definition) is 5. The molecule has 0 spiro atoms. The van der Waals surface area contributed by atoms with Gasteiger partial charge in [0, 0.05) is 20.1 Å². The number of nitrogens with one attached hydrogen (secondary N) is 2. The monoisotopic (exact) mass is 539 g/mol. The maximum Gasteiger partial charge on any atom is 0.231 e. The molecule has 4 rings (SSSR count). The Kier molecular flexibility index (Phi) is 8.51. The van der Waals surface area contributed by atoms with Crippen molar-refractivity contribution in [1.29, 1.82) is 0 Å². The Morgan fingerprint density at radius 1 is 0.968 bits per heavy atom. The summed E-state index contributed by atoms with van der Waals surface area (Å²) in [5.41, 5.74) is 2.20. The minimum absolute atomic E-state index is 0. The highest BCUT2D eigenvalue weighted by Gasteiger charge is 2.19. The van der Waals surface area contributed by atoms with Crippen molar-refractivity contribution >= 4 is 29.9 Å². The van der Waals surface area contributed by atoms with Crippen LogP contribution in [0.2, 0.25) is 0 Å². The predicted molar refractivity (Wildman–Crippen MR) is 131 cm³/mol. The Morgan fingerprint density at radius 3 is 2.35 bits per heavy atom. The molecule has 0 radical (unpaired) electrons. The highest BCUT2D eigenvalue weighted by Crippen LogP contribution is 2.33. The molecule has 8 heteroatoms. The minimum atomic E-state index is 0. The summed E-state index contributed by atoms with van der Waals surface area (Å²) in [6, 6.07) is 12.0. The molecular weight excluding hydrogens is 509 g/mol. The lowest BCUT2D eigenvalue weighted by Gasteiger charge is -2.17. The van der Waals surface area contributed by atoms with Crippen LogP contribution in [0.4, 0.5) is 0 Å². The normalized spacial score (nSPS) is 15.4. The van der Waals surface area contributed by atoms with E-state index in [2.05, 4.69) is 21.7 Å². The van der Waals surface area contributed by atoms with Gasteiger partial charge in [0.1, 0.15) is 0 Å². The molecule has 1 aliphatic heterocycles. The van der Waals surface area contributed by atoms with Crippen molar-refractivity contribution in [3.8, 4) is 23.0 Å². The SMILES string of the molecule is CN=C(NCc1ccc2c(c1)OCO2)NCc1ccc(OC)c(OC2CCCC2)c1.I. The molecule has 0 bridgehead atoms. The van der Waals surface area contributed by atoms with Crippen LogP contribution in [0.1, 0.15) is 36.8 Å². The molecule has 31 heavy (non-hydrogen) atoms. The number of hydrogen-bond donors (Lipinski definition) is 2. The van der Waals surface area contributed by atoms with Gasteiger partial charge >= 0.3 is 0 Å². The lowest BCUT2D eigenvalue weighted by Crippen LogP contribution is -2.36. The molecule has 7 nitrogen and oxygen atoms in total. The first kappa shape index (κ1) is 23.3. The van der Waals surface area contributed by atoms with Crippen LogP contribution in [-0.2, 0) is 13.1 Å². The molecule has 0 saturated heterocycles. The molecular formula is C23H30IN3O4. The summed E-state index contributed by atoms with van der Waals surface area (Å²) in [4.78, 5) is 4.31. The Morgan fingerprint density at radius 2 is 1.65 bits per heavy atom. The van der Waals surface area contributed by atoms with Crippen LogP contribution < -0.4 is 29.6 Å². The van der Waals surface area contributed by atoms with E-state index in [9.17, 15) is 0 Å². The number of rotatable bonds is 7. The Balaban J connectivity index is 0.00000272. The van der Waals surface area contributed by atoms with Gasteiger partial charge in [0.05, 0.1) is 13.2 Å². The van der Waals surface area contributed by atoms with Crippen molar-refractivity contribution in [3.05, 3.63) is 47.5 Å². The lowest BCUT2D eigenvalue weighted by molar-refractivity contribution is 0.174. The maximum absolute atomic E-state index is 6.19. The highest BCUT2D eigenvalue weighted by molar-refractivity contribution is 14.0. The smallest absolute Gasteiger partial charge is 0.231 e. The number of nitrogens with zero attached hydrogens (tertiary/aromatic N) is 1. The first-order valence-electron chi connectivity index (χ1n) is 10.4. The Bertz CT molecular complexity index is 900. The maximum atomic E-state index is 6.19. The first-order valence-corrected chi connectivity index (χ1v) is 10.4. The quantitative estimate of drug-likeness (QED) is 0.312. The van der Waals surface area contributed by atoms with Gasteiger partial charge in [-0.2, -0.15) is 0 Å². The van der Waals surface area contributed by atoms with Crippen LogP contribution in [0, 0.1) is 0 Å². The third-order valence-corrected chi connectivity index (χ3v) is 5.40. The van der Waals surface area contributed by atoms with Crippen molar-refractivity contribution in [2.75, 3.05) is 21.0 Å². The number of ether oxygens (including phenoxy) is 4. The number of fused-ring (bicyclic) bond motifs is 1. The van der Waals surface area contributed by atoms with Crippen molar-refractivity contribution in [1.82, 2.24) is 10.6 Å². The van der Waals surface area contributed by atoms with Gasteiger partial charge in [-0.3, -0.25) is 4.99 Å². The van der Waals surface area contributed by atoms with E-state index in [0.717, 1.165) is 52.9 Å². The van der Waals surface area contributed by atoms with Gasteiger partial charge in [0.15, 0.2) is 29.0 Å². The van der Waals surface area contributed by atoms with Crippen LogP contribution in [0.25, 0.3) is 0 Å². The third-order valence-electron chi connectivity index (χ3n) is 5.40. The fourth-order valence-corrected chi connectivity index (χ4v) is 3.75. The molecule has 2 aromatic carbocycles. The van der Waals surface area contributed by atoms with Gasteiger partial charge in [0.2, 0.25) is 6.79 Å². The average molecular weight is 539 g/mol. The first-order chi connectivity index (χ1) is 14.7. The summed E-state index contributed by atoms with van der Waals surface area (Å²) in [5.74, 6) is 3.88. The second-order valence-electron chi connectivity index (χ2n) is 7.48. The number of halogens is 1. The zero-order valence-electron chi connectivity index (χ0n) is 18.0. The summed E-state index contributed by atoms with van der Waals surface area (Å²) in [6.07, 6.45) is 4.99. The van der Waals surface area contributed by atoms with Crippen molar-refractivity contribution < 1.29 is 18.9 Å². The van der Waals surface area contributed by atoms with E-state index in [1.807, 2.05) is 30.3 Å². The number of aliphatic imine (C=N–C) groups is 1. The van der Waals surface area contributed by atoms with Gasteiger partial charge in [-0.15, -0.1) is 24.0 Å². The van der Waals surface area contributed by atoms with Crippen LogP contribution >= 0.6 is 24.0 Å². The summed E-state index contributed by atoms with van der Waals surface area (Å²) in [5, 5.41) is 6.68. The molecule has 0 atom stereocenters. The third kappa shape index (κ3) is 6.09. The molecule has 1 aliphatic carbocycles. The van der Waals surface area contributed by atoms with Crippen LogP contribution in [-0.4, -0.2) is 33.0 Å². The van der Waals surface area contributed by atoms with Gasteiger partial charge in [-0.05, 0) is 61.1 Å². The molecule has 0 amide bonds. The molecule has 168 valence electrons. The van der Waals surface area contributed by atoms with E-state index in [0.29, 0.717) is 19.2 Å². The molecule has 1 fully saturated rings. The van der Waals surface area contributed by atoms with E-state index < -0.39 is 0 Å². The summed E-state index contributed by atoms with van der Waals surface area (Å²) in [7, 11) is 3.44. The largest absolute Gasteiger partial charge is 0.493 e. The second kappa shape index (κ2) is 11.3. The van der Waals surface area contributed by atoms with Gasteiger partial charge in [0.25, 0.3) is 0 Å². The molecule has 2 N–H and O–H groups in total. The van der Waals surface area contributed by atoms with E-state index in [4.69, 9.17) is 18.9 Å². The molecule has 2 aliphatic rings. The van der Waals surface area contributed by atoms with Crippen molar-refractivity contribution in [2.24, 2.45) is 4.99 Å². The van der Waals surface area contributed by atoms with E-state index in [1.165, 1.54) is 12.8 Å². The second-order valence-corrected chi connectivity index (χ2v) is 7.48. The van der Waals surface area contributed by atoms with E-state index >= 15 is 0 Å². The average Bonchev–Trinajstić information content (AvgIpc) is 3.45. The number of benzene rings is 2. The van der Waals surface area contributed by atoms with Gasteiger partial charge < -0.3 is 29.6 Å². The highest BCUT2D eigenvalue weighted by atomic mass is 127. The van der Waals surface area contributed by atoms with Crippen LogP contribution in [0.3, 0.4) is 0 Å². The number of guanidine groups is 1. The van der Waals surface area contributed by atoms with E-state index in [-0.39, 0.29) is 30.8 Å². The molecule has 1 heterocycles. The van der Waals surface area contributed by atoms with E-state index in [1.54, 1.807) is 14.2 Å². The molecule has 0 aromatic heterocycles. The van der Waals surface area contributed by atoms with Crippen molar-refractivity contribution in [3.63, 3.8) is 0 Å². The minimum Gasteiger partial charge on any atom is -0.493 e. The lowest BCUT2D eigenvalue weighted by atomic mass is 10.2. The Labute approximate surface area is 200 Å². The fraction of sp³-hybridized carbons (Fsp3) is 0.435. The molecule has 0 unspecified atom stereocenters. The Hall–Kier alpha value is -2.36. The number of methoxy groups -OCH3 is 1. The summed E-state index contributed by atoms with van der Waals surface area (Å²) in [6.45, 7) is 1.55. The van der Waals surface area contributed by atoms with Gasteiger partial charge in [-0.25, -0.2) is 0 Å². The fourth-order valence-electron chi connectivity index (χ4n) is 3.75. The van der Waals surface area contributed by atoms with Gasteiger partial charge in [-0.1, -0.05) is 12.1 Å². The van der Waals surface area contributed by atoms with Crippen molar-refractivity contribution in [2.45, 2.75) is 44.9 Å². The predicted octanol–water partition coefficient (Wildman–Crippen LogP) is 4.23. The standard InChI is InChI=1S/C23H29N3O4.HI/c1-24-23(25-13-16-8-10-20-21(11-16)29-15-28-20)26-14-17-7-9-19(27-2)22(12-17)30-18-5-3-4-6-18;/h7-12,18H,3-6,13-15H2,1-2H3,(H2,24,25,26);1H. The topological polar surface area (TPSA) is 73.3 Å².